The Morgan fingerprint density at radius 3 is 2.84 bits per heavy atom. The van der Waals surface area contributed by atoms with Crippen LogP contribution in [0.25, 0.3) is 0 Å². The van der Waals surface area contributed by atoms with Crippen LogP contribution >= 0.6 is 0 Å². The number of pyridine rings is 1. The maximum Gasteiger partial charge on any atom is 0.412 e. The van der Waals surface area contributed by atoms with E-state index in [2.05, 4.69) is 10.3 Å². The largest absolute Gasteiger partial charge is 0.444 e. The van der Waals surface area contributed by atoms with Crippen LogP contribution in [0.1, 0.15) is 31.2 Å². The first-order valence-corrected chi connectivity index (χ1v) is 7.88. The zero-order valence-corrected chi connectivity index (χ0v) is 14.0. The average Bonchev–Trinajstić information content (AvgIpc) is 2.96. The Hall–Kier alpha value is -2.51. The third kappa shape index (κ3) is 4.52. The minimum atomic E-state index is -0.746. The highest BCUT2D eigenvalue weighted by Crippen LogP contribution is 2.33. The molecule has 1 aliphatic rings. The topological polar surface area (TPSA) is 69.7 Å². The summed E-state index contributed by atoms with van der Waals surface area (Å²) >= 11 is 0. The third-order valence-corrected chi connectivity index (χ3v) is 3.66. The predicted molar refractivity (Wildman–Crippen MR) is 88.3 cm³/mol. The Balaban J connectivity index is 1.63. The molecule has 0 aliphatic carbocycles. The number of nitrogens with zero attached hydrogens (tertiary/aromatic N) is 1. The minimum absolute atomic E-state index is 0.0173. The van der Waals surface area contributed by atoms with Gasteiger partial charge in [-0.15, -0.1) is 0 Å². The number of amides is 1. The molecular weight excluding hydrogens is 327 g/mol. The molecule has 1 atom stereocenters. The first kappa shape index (κ1) is 17.3. The molecule has 1 aromatic carbocycles. The number of carbonyl (C=O) groups excluding carboxylic acids is 1. The highest BCUT2D eigenvalue weighted by molar-refractivity contribution is 5.84. The Labute approximate surface area is 144 Å². The Morgan fingerprint density at radius 2 is 2.16 bits per heavy atom. The van der Waals surface area contributed by atoms with Crippen molar-refractivity contribution in [3.63, 3.8) is 0 Å². The van der Waals surface area contributed by atoms with Gasteiger partial charge in [0.15, 0.2) is 11.6 Å². The lowest BCUT2D eigenvalue weighted by Crippen LogP contribution is -2.20. The van der Waals surface area contributed by atoms with Crippen molar-refractivity contribution in [1.82, 2.24) is 4.98 Å². The van der Waals surface area contributed by atoms with Crippen molar-refractivity contribution in [3.8, 4) is 0 Å². The summed E-state index contributed by atoms with van der Waals surface area (Å²) in [6, 6.07) is 10.6. The summed E-state index contributed by atoms with van der Waals surface area (Å²) in [6.45, 7) is 3.98. The lowest BCUT2D eigenvalue weighted by molar-refractivity contribution is -0.139. The van der Waals surface area contributed by atoms with Crippen LogP contribution in [0, 0.1) is 5.82 Å². The fraction of sp³-hybridized carbons (Fsp3) is 0.333. The lowest BCUT2D eigenvalue weighted by Gasteiger charge is -2.17. The van der Waals surface area contributed by atoms with E-state index in [9.17, 15) is 9.18 Å². The number of anilines is 1. The Kier molecular flexibility index (Phi) is 4.96. The van der Waals surface area contributed by atoms with Crippen molar-refractivity contribution in [2.24, 2.45) is 0 Å². The summed E-state index contributed by atoms with van der Waals surface area (Å²) in [7, 11) is 0. The van der Waals surface area contributed by atoms with Gasteiger partial charge >= 0.3 is 6.09 Å². The van der Waals surface area contributed by atoms with Crippen molar-refractivity contribution < 1.29 is 23.4 Å². The van der Waals surface area contributed by atoms with Gasteiger partial charge in [-0.1, -0.05) is 30.3 Å². The average molecular weight is 346 g/mol. The molecule has 7 heteroatoms. The van der Waals surface area contributed by atoms with Gasteiger partial charge in [0.2, 0.25) is 0 Å². The van der Waals surface area contributed by atoms with Crippen molar-refractivity contribution in [2.45, 2.75) is 32.3 Å². The molecule has 3 rings (SSSR count). The van der Waals surface area contributed by atoms with E-state index >= 15 is 0 Å². The summed E-state index contributed by atoms with van der Waals surface area (Å²) in [5, 5.41) is 2.39. The van der Waals surface area contributed by atoms with Crippen LogP contribution in [0.5, 0.6) is 0 Å². The number of carbonyl (C=O) groups is 1. The number of rotatable bonds is 4. The number of nitrogens with one attached hydrogen (secondary N) is 1. The highest BCUT2D eigenvalue weighted by Gasteiger charge is 2.34. The van der Waals surface area contributed by atoms with Crippen LogP contribution in [-0.4, -0.2) is 23.5 Å². The monoisotopic (exact) mass is 346 g/mol. The molecular formula is C18H19FN2O4. The molecule has 0 saturated carbocycles. The van der Waals surface area contributed by atoms with Gasteiger partial charge in [-0.25, -0.2) is 9.18 Å². The van der Waals surface area contributed by atoms with Crippen LogP contribution in [-0.2, 0) is 20.8 Å². The van der Waals surface area contributed by atoms with E-state index in [-0.39, 0.29) is 12.3 Å². The van der Waals surface area contributed by atoms with Gasteiger partial charge in [0.05, 0.1) is 24.2 Å². The molecule has 1 aromatic heterocycles. The number of aromatic nitrogens is 1. The van der Waals surface area contributed by atoms with Crippen LogP contribution < -0.4 is 5.32 Å². The second kappa shape index (κ2) is 7.16. The Bertz CT molecular complexity index is 752. The fourth-order valence-corrected chi connectivity index (χ4v) is 2.43. The molecule has 132 valence electrons. The molecule has 1 N–H and O–H groups in total. The zero-order chi connectivity index (χ0) is 17.9. The molecule has 1 saturated heterocycles. The number of benzene rings is 1. The third-order valence-electron chi connectivity index (χ3n) is 3.66. The zero-order valence-electron chi connectivity index (χ0n) is 14.0. The summed E-state index contributed by atoms with van der Waals surface area (Å²) < 4.78 is 30.2. The summed E-state index contributed by atoms with van der Waals surface area (Å²) in [6.07, 6.45) is -0.128. The molecule has 0 radical (unpaired) electrons. The van der Waals surface area contributed by atoms with Gasteiger partial charge in [0.25, 0.3) is 0 Å². The summed E-state index contributed by atoms with van der Waals surface area (Å²) in [5.74, 6) is -1.37. The van der Waals surface area contributed by atoms with Crippen LogP contribution in [0.3, 0.4) is 0 Å². The number of hydrogen-bond acceptors (Lipinski definition) is 5. The van der Waals surface area contributed by atoms with E-state index in [0.717, 1.165) is 11.8 Å². The van der Waals surface area contributed by atoms with E-state index in [4.69, 9.17) is 14.2 Å². The quantitative estimate of drug-likeness (QED) is 0.912. The van der Waals surface area contributed by atoms with Gasteiger partial charge in [-0.2, -0.15) is 0 Å². The van der Waals surface area contributed by atoms with Crippen molar-refractivity contribution in [3.05, 3.63) is 59.7 Å². The molecule has 0 spiro atoms. The van der Waals surface area contributed by atoms with E-state index in [1.54, 1.807) is 13.8 Å². The van der Waals surface area contributed by atoms with E-state index < -0.39 is 23.8 Å². The van der Waals surface area contributed by atoms with E-state index in [0.29, 0.717) is 12.3 Å². The maximum atomic E-state index is 13.9. The molecule has 0 bridgehead atoms. The first-order valence-electron chi connectivity index (χ1n) is 7.88. The molecule has 1 aliphatic heterocycles. The van der Waals surface area contributed by atoms with Gasteiger partial charge < -0.3 is 14.2 Å². The fourth-order valence-electron chi connectivity index (χ4n) is 2.43. The van der Waals surface area contributed by atoms with Crippen molar-refractivity contribution >= 4 is 11.8 Å². The van der Waals surface area contributed by atoms with Crippen LogP contribution in [0.2, 0.25) is 0 Å². The maximum absolute atomic E-state index is 13.9. The molecule has 2 heterocycles. The number of hydrogen-bond donors (Lipinski definition) is 1. The van der Waals surface area contributed by atoms with Crippen molar-refractivity contribution in [1.29, 1.82) is 0 Å². The first-order chi connectivity index (χ1) is 11.9. The Morgan fingerprint density at radius 1 is 1.40 bits per heavy atom. The summed E-state index contributed by atoms with van der Waals surface area (Å²) in [4.78, 5) is 15.9. The van der Waals surface area contributed by atoms with Crippen molar-refractivity contribution in [2.75, 3.05) is 11.9 Å². The van der Waals surface area contributed by atoms with Gasteiger partial charge in [-0.05, 0) is 25.5 Å². The molecule has 6 nitrogen and oxygen atoms in total. The van der Waals surface area contributed by atoms with Crippen LogP contribution in [0.4, 0.5) is 14.9 Å². The van der Waals surface area contributed by atoms with E-state index in [1.165, 1.54) is 6.07 Å². The lowest BCUT2D eigenvalue weighted by atomic mass is 10.2. The van der Waals surface area contributed by atoms with E-state index in [1.807, 2.05) is 30.3 Å². The molecule has 2 aromatic rings. The van der Waals surface area contributed by atoms with Gasteiger partial charge in [0, 0.05) is 0 Å². The smallest absolute Gasteiger partial charge is 0.412 e. The molecule has 1 amide bonds. The number of halogens is 1. The minimum Gasteiger partial charge on any atom is -0.444 e. The molecule has 25 heavy (non-hydrogen) atoms. The van der Waals surface area contributed by atoms with Gasteiger partial charge in [-0.3, -0.25) is 10.3 Å². The molecule has 1 unspecified atom stereocenters. The second-order valence-electron chi connectivity index (χ2n) is 6.09. The SMILES string of the molecule is CC1(C)OCC(c2cc(NC(=O)OCc3ccccc3)c(F)cn2)O1. The predicted octanol–water partition coefficient (Wildman–Crippen LogP) is 3.79. The number of ether oxygens (including phenoxy) is 3. The normalized spacial score (nSPS) is 18.8. The highest BCUT2D eigenvalue weighted by atomic mass is 19.1. The van der Waals surface area contributed by atoms with Gasteiger partial charge in [0.1, 0.15) is 12.7 Å². The molecule has 1 fully saturated rings. The summed E-state index contributed by atoms with van der Waals surface area (Å²) in [5.41, 5.74) is 1.30. The second-order valence-corrected chi connectivity index (χ2v) is 6.09. The standard InChI is InChI=1S/C18H19FN2O4/c1-18(2)24-11-16(25-18)15-8-14(13(19)9-20-15)21-17(22)23-10-12-6-4-3-5-7-12/h3-9,16H,10-11H2,1-2H3,(H,20,21,22). The van der Waals surface area contributed by atoms with Crippen LogP contribution in [0.15, 0.2) is 42.6 Å².